The van der Waals surface area contributed by atoms with E-state index in [0.717, 1.165) is 40.5 Å². The molecule has 168 valence electrons. The third-order valence-corrected chi connectivity index (χ3v) is 7.17. The average molecular weight is 472 g/mol. The Bertz CT molecular complexity index is 1270. The predicted molar refractivity (Wildman–Crippen MR) is 131 cm³/mol. The van der Waals surface area contributed by atoms with Crippen LogP contribution in [0.2, 0.25) is 0 Å². The van der Waals surface area contributed by atoms with Crippen molar-refractivity contribution in [2.24, 2.45) is 0 Å². The number of carbonyl (C=O) groups excluding carboxylic acids is 1. The van der Waals surface area contributed by atoms with Gasteiger partial charge in [-0.15, -0.1) is 18.3 Å². The molecule has 0 bridgehead atoms. The number of fused-ring (bicyclic) bond motifs is 1. The summed E-state index contributed by atoms with van der Waals surface area (Å²) in [6, 6.07) is 7.49. The molecule has 0 spiro atoms. The van der Waals surface area contributed by atoms with Gasteiger partial charge in [0.2, 0.25) is 5.91 Å². The highest BCUT2D eigenvalue weighted by Gasteiger charge is 2.22. The van der Waals surface area contributed by atoms with E-state index in [2.05, 4.69) is 21.8 Å². The van der Waals surface area contributed by atoms with Crippen molar-refractivity contribution < 1.29 is 4.79 Å². The first-order valence-electron chi connectivity index (χ1n) is 10.5. The Hall–Kier alpha value is -2.85. The summed E-state index contributed by atoms with van der Waals surface area (Å²) in [6.07, 6.45) is 6.78. The molecule has 1 fully saturated rings. The van der Waals surface area contributed by atoms with E-state index in [1.807, 2.05) is 24.5 Å². The molecule has 0 saturated carbocycles. The zero-order chi connectivity index (χ0) is 22.7. The Kier molecular flexibility index (Phi) is 6.80. The molecule has 0 aliphatic carbocycles. The van der Waals surface area contributed by atoms with E-state index in [-0.39, 0.29) is 24.6 Å². The number of nitrogens with zero attached hydrogens (tertiary/aromatic N) is 4. The van der Waals surface area contributed by atoms with Crippen LogP contribution in [0.15, 0.2) is 51.4 Å². The first-order chi connectivity index (χ1) is 15.5. The second kappa shape index (κ2) is 9.74. The maximum Gasteiger partial charge on any atom is 0.333 e. The number of thioether (sulfide) groups is 1. The third kappa shape index (κ3) is 4.51. The van der Waals surface area contributed by atoms with E-state index < -0.39 is 11.2 Å². The molecule has 8 nitrogen and oxygen atoms in total. The van der Waals surface area contributed by atoms with E-state index in [1.54, 1.807) is 17.8 Å². The highest BCUT2D eigenvalue weighted by atomic mass is 32.2. The second-order valence-corrected chi connectivity index (χ2v) is 9.41. The van der Waals surface area contributed by atoms with Gasteiger partial charge in [0.05, 0.1) is 0 Å². The monoisotopic (exact) mass is 471 g/mol. The van der Waals surface area contributed by atoms with Crippen LogP contribution in [-0.2, 0) is 17.9 Å². The second-order valence-electron chi connectivity index (χ2n) is 7.55. The molecule has 2 aromatic heterocycles. The number of piperidine rings is 1. The summed E-state index contributed by atoms with van der Waals surface area (Å²) in [5.41, 5.74) is -0.0439. The Morgan fingerprint density at radius 2 is 2.03 bits per heavy atom. The largest absolute Gasteiger partial charge is 0.348 e. The minimum Gasteiger partial charge on any atom is -0.348 e. The Balaban J connectivity index is 1.73. The average Bonchev–Trinajstić information content (AvgIpc) is 3.26. The molecule has 0 radical (unpaired) electrons. The van der Waals surface area contributed by atoms with Crippen LogP contribution >= 0.6 is 23.1 Å². The number of anilines is 2. The molecule has 3 aromatic rings. The van der Waals surface area contributed by atoms with Crippen molar-refractivity contribution in [2.45, 2.75) is 37.2 Å². The van der Waals surface area contributed by atoms with Crippen LogP contribution in [0.4, 0.5) is 10.8 Å². The maximum atomic E-state index is 13.1. The predicted octanol–water partition coefficient (Wildman–Crippen LogP) is 3.16. The number of aromatic nitrogens is 3. The van der Waals surface area contributed by atoms with Gasteiger partial charge in [0, 0.05) is 30.2 Å². The van der Waals surface area contributed by atoms with Crippen molar-refractivity contribution >= 4 is 50.2 Å². The lowest BCUT2D eigenvalue weighted by atomic mass is 10.1. The molecular weight excluding hydrogens is 446 g/mol. The summed E-state index contributed by atoms with van der Waals surface area (Å²) in [5.74, 6) is -0.358. The molecule has 32 heavy (non-hydrogen) atoms. The normalized spacial score (nSPS) is 14.0. The Labute approximate surface area is 193 Å². The fraction of sp³-hybridized carbons (Fsp3) is 0.364. The molecule has 1 amide bonds. The van der Waals surface area contributed by atoms with E-state index in [4.69, 9.17) is 0 Å². The summed E-state index contributed by atoms with van der Waals surface area (Å²) in [4.78, 5) is 46.7. The molecule has 1 aliphatic rings. The number of hydrogen-bond acceptors (Lipinski definition) is 7. The number of carbonyl (C=O) groups is 1. The van der Waals surface area contributed by atoms with E-state index in [0.29, 0.717) is 10.4 Å². The molecule has 10 heteroatoms. The smallest absolute Gasteiger partial charge is 0.333 e. The minimum absolute atomic E-state index is 0.0714. The molecule has 0 unspecified atom stereocenters. The van der Waals surface area contributed by atoms with Gasteiger partial charge in [-0.1, -0.05) is 23.5 Å². The van der Waals surface area contributed by atoms with Gasteiger partial charge in [-0.25, -0.2) is 9.78 Å². The van der Waals surface area contributed by atoms with Crippen LogP contribution in [0.5, 0.6) is 0 Å². The molecule has 1 aromatic carbocycles. The molecule has 1 aliphatic heterocycles. The summed E-state index contributed by atoms with van der Waals surface area (Å²) in [6.45, 7) is 5.23. The van der Waals surface area contributed by atoms with Crippen LogP contribution in [0.25, 0.3) is 10.3 Å². The summed E-state index contributed by atoms with van der Waals surface area (Å²) >= 11 is 2.86. The number of thiazole rings is 1. The fourth-order valence-corrected chi connectivity index (χ4v) is 5.30. The van der Waals surface area contributed by atoms with Crippen molar-refractivity contribution in [3.05, 3.63) is 57.8 Å². The van der Waals surface area contributed by atoms with Crippen LogP contribution in [0.3, 0.4) is 0 Å². The minimum atomic E-state index is -0.564. The Morgan fingerprint density at radius 1 is 1.25 bits per heavy atom. The van der Waals surface area contributed by atoms with Gasteiger partial charge in [0.1, 0.15) is 11.2 Å². The number of allylic oxidation sites excluding steroid dienone is 1. The van der Waals surface area contributed by atoms with Gasteiger partial charge in [-0.05, 0) is 43.7 Å². The van der Waals surface area contributed by atoms with E-state index in [9.17, 15) is 14.4 Å². The highest BCUT2D eigenvalue weighted by Crippen LogP contribution is 2.28. The lowest BCUT2D eigenvalue weighted by molar-refractivity contribution is -0.116. The SMILES string of the molecule is C=CCn1c(=O)c2sc(N3CCCCC3)nc2n(CC(=O)Nc2cccc(SC)c2)c1=O. The first kappa shape index (κ1) is 22.3. The molecule has 1 N–H and O–H groups in total. The van der Waals surface area contributed by atoms with Crippen LogP contribution in [0, 0.1) is 0 Å². The molecule has 0 atom stereocenters. The molecular formula is C22H25N5O3S2. The quantitative estimate of drug-likeness (QED) is 0.421. The maximum absolute atomic E-state index is 13.1. The standard InChI is InChI=1S/C22H25N5O3S2/c1-3-10-26-20(29)18-19(24-21(32-18)25-11-5-4-6-12-25)27(22(26)30)14-17(28)23-15-8-7-9-16(13-15)31-2/h3,7-9,13H,1,4-6,10-12,14H2,2H3,(H,23,28). The van der Waals surface area contributed by atoms with Crippen LogP contribution in [0.1, 0.15) is 19.3 Å². The lowest BCUT2D eigenvalue weighted by Crippen LogP contribution is -2.41. The molecule has 1 saturated heterocycles. The summed E-state index contributed by atoms with van der Waals surface area (Å²) < 4.78 is 2.77. The van der Waals surface area contributed by atoms with Crippen molar-refractivity contribution in [3.8, 4) is 0 Å². The van der Waals surface area contributed by atoms with E-state index >= 15 is 0 Å². The van der Waals surface area contributed by atoms with Gasteiger partial charge in [-0.2, -0.15) is 0 Å². The molecule has 3 heterocycles. The first-order valence-corrected chi connectivity index (χ1v) is 12.5. The van der Waals surface area contributed by atoms with Gasteiger partial charge in [0.25, 0.3) is 5.56 Å². The van der Waals surface area contributed by atoms with Gasteiger partial charge < -0.3 is 10.2 Å². The van der Waals surface area contributed by atoms with E-state index in [1.165, 1.54) is 28.4 Å². The fourth-order valence-electron chi connectivity index (χ4n) is 3.77. The topological polar surface area (TPSA) is 89.2 Å². The van der Waals surface area contributed by atoms with Crippen molar-refractivity contribution in [3.63, 3.8) is 0 Å². The summed E-state index contributed by atoms with van der Waals surface area (Å²) in [5, 5.41) is 3.56. The molecule has 4 rings (SSSR count). The number of hydrogen-bond donors (Lipinski definition) is 1. The third-order valence-electron chi connectivity index (χ3n) is 5.35. The Morgan fingerprint density at radius 3 is 2.75 bits per heavy atom. The van der Waals surface area contributed by atoms with Crippen molar-refractivity contribution in [1.29, 1.82) is 0 Å². The number of nitrogens with one attached hydrogen (secondary N) is 1. The van der Waals surface area contributed by atoms with Crippen LogP contribution < -0.4 is 21.5 Å². The number of benzene rings is 1. The highest BCUT2D eigenvalue weighted by molar-refractivity contribution is 7.98. The van der Waals surface area contributed by atoms with Crippen LogP contribution in [-0.4, -0.2) is 39.4 Å². The summed E-state index contributed by atoms with van der Waals surface area (Å²) in [7, 11) is 0. The number of rotatable bonds is 7. The van der Waals surface area contributed by atoms with Crippen molar-refractivity contribution in [2.75, 3.05) is 29.6 Å². The van der Waals surface area contributed by atoms with Gasteiger partial charge in [0.15, 0.2) is 10.8 Å². The lowest BCUT2D eigenvalue weighted by Gasteiger charge is -2.25. The van der Waals surface area contributed by atoms with Crippen molar-refractivity contribution in [1.82, 2.24) is 14.1 Å². The zero-order valence-corrected chi connectivity index (χ0v) is 19.5. The zero-order valence-electron chi connectivity index (χ0n) is 17.9. The number of amides is 1. The van der Waals surface area contributed by atoms with Gasteiger partial charge in [-0.3, -0.25) is 18.7 Å². The van der Waals surface area contributed by atoms with Gasteiger partial charge >= 0.3 is 5.69 Å².